The zero-order chi connectivity index (χ0) is 43.3. The van der Waals surface area contributed by atoms with Gasteiger partial charge in [0, 0.05) is 43.6 Å². The van der Waals surface area contributed by atoms with Crippen molar-refractivity contribution in [3.05, 3.63) is 218 Å². The molecule has 0 bridgehead atoms. The molecule has 0 saturated heterocycles. The van der Waals surface area contributed by atoms with Crippen molar-refractivity contribution in [2.75, 3.05) is 0 Å². The van der Waals surface area contributed by atoms with E-state index in [-0.39, 0.29) is 0 Å². The lowest BCUT2D eigenvalue weighted by atomic mass is 10.00. The Balaban J connectivity index is 1.09. The number of para-hydroxylation sites is 1. The molecule has 0 N–H and O–H groups in total. The first-order chi connectivity index (χ1) is 32.7. The van der Waals surface area contributed by atoms with E-state index in [0.717, 1.165) is 82.6 Å². The van der Waals surface area contributed by atoms with Crippen LogP contribution < -0.4 is 0 Å². The van der Waals surface area contributed by atoms with E-state index in [1.54, 1.807) is 0 Å². The Labute approximate surface area is 378 Å². The monoisotopic (exact) mass is 840 g/mol. The standard InChI is InChI=1S/C61H36N4O/c1-2-13-37(14-3-1)40-19-12-20-44(31-40)59-62-60(45-28-29-47-43(32-45)26-25-38-15-6-8-21-46(38)47)64-61(63-59)53-36-57-52(50-30-27-39-16-7-9-22-48(39)58(50)66-57)35-56(53)65-54-24-11-10-23-49(54)51-33-41-17-4-5-18-42(41)34-55(51)65/h1-36H. The van der Waals surface area contributed by atoms with Gasteiger partial charge < -0.3 is 8.98 Å². The Morgan fingerprint density at radius 2 is 0.894 bits per heavy atom. The van der Waals surface area contributed by atoms with Crippen LogP contribution in [0.4, 0.5) is 0 Å². The number of aromatic nitrogens is 4. The predicted molar refractivity (Wildman–Crippen MR) is 273 cm³/mol. The molecule has 14 rings (SSSR count). The zero-order valence-corrected chi connectivity index (χ0v) is 35.5. The largest absolute Gasteiger partial charge is 0.455 e. The minimum Gasteiger partial charge on any atom is -0.455 e. The molecule has 0 unspecified atom stereocenters. The van der Waals surface area contributed by atoms with Crippen molar-refractivity contribution in [3.63, 3.8) is 0 Å². The van der Waals surface area contributed by atoms with Gasteiger partial charge in [-0.3, -0.25) is 0 Å². The average molecular weight is 841 g/mol. The highest BCUT2D eigenvalue weighted by atomic mass is 16.3. The molecule has 66 heavy (non-hydrogen) atoms. The van der Waals surface area contributed by atoms with Gasteiger partial charge in [0.05, 0.1) is 16.7 Å². The Morgan fingerprint density at radius 3 is 1.73 bits per heavy atom. The van der Waals surface area contributed by atoms with E-state index < -0.39 is 0 Å². The number of fused-ring (bicyclic) bond motifs is 12. The summed E-state index contributed by atoms with van der Waals surface area (Å²) in [6, 6.07) is 77.6. The predicted octanol–water partition coefficient (Wildman–Crippen LogP) is 16.1. The molecule has 0 atom stereocenters. The Kier molecular flexibility index (Phi) is 7.91. The number of furan rings is 1. The van der Waals surface area contributed by atoms with Gasteiger partial charge in [-0.1, -0.05) is 170 Å². The van der Waals surface area contributed by atoms with E-state index in [2.05, 4.69) is 217 Å². The number of rotatable bonds is 5. The van der Waals surface area contributed by atoms with Crippen molar-refractivity contribution >= 4 is 86.8 Å². The molecule has 0 saturated carbocycles. The molecular weight excluding hydrogens is 805 g/mol. The Hall–Kier alpha value is -8.93. The lowest BCUT2D eigenvalue weighted by molar-refractivity contribution is 0.672. The van der Waals surface area contributed by atoms with Gasteiger partial charge in [-0.15, -0.1) is 0 Å². The lowest BCUT2D eigenvalue weighted by Crippen LogP contribution is -2.04. The van der Waals surface area contributed by atoms with E-state index in [1.807, 2.05) is 6.07 Å². The number of hydrogen-bond donors (Lipinski definition) is 0. The maximum Gasteiger partial charge on any atom is 0.166 e. The summed E-state index contributed by atoms with van der Waals surface area (Å²) in [5.41, 5.74) is 9.61. The fourth-order valence-electron chi connectivity index (χ4n) is 10.2. The van der Waals surface area contributed by atoms with Crippen molar-refractivity contribution in [2.24, 2.45) is 0 Å². The number of hydrogen-bond acceptors (Lipinski definition) is 4. The summed E-state index contributed by atoms with van der Waals surface area (Å²) < 4.78 is 9.33. The van der Waals surface area contributed by atoms with Crippen molar-refractivity contribution < 1.29 is 4.42 Å². The second-order valence-electron chi connectivity index (χ2n) is 17.2. The third-order valence-corrected chi connectivity index (χ3v) is 13.4. The van der Waals surface area contributed by atoms with Gasteiger partial charge in [0.25, 0.3) is 0 Å². The van der Waals surface area contributed by atoms with Gasteiger partial charge in [0.15, 0.2) is 17.5 Å². The molecule has 0 aliphatic rings. The third kappa shape index (κ3) is 5.70. The maximum absolute atomic E-state index is 6.93. The smallest absolute Gasteiger partial charge is 0.166 e. The summed E-state index contributed by atoms with van der Waals surface area (Å²) in [4.78, 5) is 16.2. The van der Waals surface area contributed by atoms with E-state index >= 15 is 0 Å². The molecule has 3 heterocycles. The summed E-state index contributed by atoms with van der Waals surface area (Å²) in [6.07, 6.45) is 0. The molecule has 0 fully saturated rings. The second-order valence-corrected chi connectivity index (χ2v) is 17.2. The fraction of sp³-hybridized carbons (Fsp3) is 0. The minimum absolute atomic E-state index is 0.549. The third-order valence-electron chi connectivity index (χ3n) is 13.4. The first-order valence-corrected chi connectivity index (χ1v) is 22.3. The highest BCUT2D eigenvalue weighted by molar-refractivity contribution is 6.18. The van der Waals surface area contributed by atoms with Crippen LogP contribution in [0.15, 0.2) is 223 Å². The Bertz CT molecular complexity index is 4300. The van der Waals surface area contributed by atoms with Crippen molar-refractivity contribution in [1.29, 1.82) is 0 Å². The van der Waals surface area contributed by atoms with Crippen LogP contribution >= 0.6 is 0 Å². The highest BCUT2D eigenvalue weighted by Gasteiger charge is 2.23. The molecule has 0 amide bonds. The summed E-state index contributed by atoms with van der Waals surface area (Å²) in [7, 11) is 0. The topological polar surface area (TPSA) is 56.7 Å². The summed E-state index contributed by atoms with van der Waals surface area (Å²) in [5, 5.41) is 13.7. The van der Waals surface area contributed by atoms with E-state index in [1.165, 1.54) is 37.7 Å². The number of benzene rings is 11. The van der Waals surface area contributed by atoms with Crippen LogP contribution in [0.3, 0.4) is 0 Å². The average Bonchev–Trinajstić information content (AvgIpc) is 3.92. The van der Waals surface area contributed by atoms with E-state index in [4.69, 9.17) is 19.4 Å². The highest BCUT2D eigenvalue weighted by Crippen LogP contribution is 2.43. The molecule has 5 nitrogen and oxygen atoms in total. The molecule has 0 aliphatic heterocycles. The van der Waals surface area contributed by atoms with Crippen LogP contribution in [0.25, 0.3) is 138 Å². The van der Waals surface area contributed by atoms with E-state index in [9.17, 15) is 0 Å². The van der Waals surface area contributed by atoms with Crippen LogP contribution in [0.1, 0.15) is 0 Å². The molecule has 0 radical (unpaired) electrons. The summed E-state index contributed by atoms with van der Waals surface area (Å²) in [5.74, 6) is 1.72. The fourth-order valence-corrected chi connectivity index (χ4v) is 10.2. The van der Waals surface area contributed by atoms with Crippen LogP contribution in [-0.2, 0) is 0 Å². The molecule has 0 aliphatic carbocycles. The summed E-state index contributed by atoms with van der Waals surface area (Å²) in [6.45, 7) is 0. The van der Waals surface area contributed by atoms with Crippen LogP contribution in [0, 0.1) is 0 Å². The van der Waals surface area contributed by atoms with Crippen LogP contribution in [0.2, 0.25) is 0 Å². The van der Waals surface area contributed by atoms with Gasteiger partial charge in [0.2, 0.25) is 0 Å². The van der Waals surface area contributed by atoms with E-state index in [0.29, 0.717) is 17.5 Å². The van der Waals surface area contributed by atoms with Crippen LogP contribution in [0.5, 0.6) is 0 Å². The van der Waals surface area contributed by atoms with Gasteiger partial charge in [-0.25, -0.2) is 15.0 Å². The molecule has 11 aromatic carbocycles. The minimum atomic E-state index is 0.549. The molecular formula is C61H36N4O. The summed E-state index contributed by atoms with van der Waals surface area (Å²) >= 11 is 0. The van der Waals surface area contributed by atoms with Crippen molar-refractivity contribution in [3.8, 4) is 51.0 Å². The van der Waals surface area contributed by atoms with Gasteiger partial charge in [-0.05, 0) is 97.4 Å². The quantitative estimate of drug-likeness (QED) is 0.162. The van der Waals surface area contributed by atoms with Crippen LogP contribution in [-0.4, -0.2) is 19.5 Å². The lowest BCUT2D eigenvalue weighted by Gasteiger charge is -2.16. The maximum atomic E-state index is 6.93. The molecule has 306 valence electrons. The van der Waals surface area contributed by atoms with Crippen molar-refractivity contribution in [1.82, 2.24) is 19.5 Å². The molecule has 0 spiro atoms. The SMILES string of the molecule is c1ccc(-c2cccc(-c3nc(-c4ccc5c(ccc6ccccc65)c4)nc(-c4cc5oc6c7ccccc7ccc6c5cc4-n4c5ccccc5c5cc6ccccc6cc54)n3)c2)cc1. The second kappa shape index (κ2) is 14.3. The van der Waals surface area contributed by atoms with Crippen molar-refractivity contribution in [2.45, 2.75) is 0 Å². The first kappa shape index (κ1) is 36.5. The zero-order valence-electron chi connectivity index (χ0n) is 35.5. The molecule has 14 aromatic rings. The first-order valence-electron chi connectivity index (χ1n) is 22.3. The molecule has 3 aromatic heterocycles. The van der Waals surface area contributed by atoms with Gasteiger partial charge >= 0.3 is 0 Å². The van der Waals surface area contributed by atoms with Gasteiger partial charge in [0.1, 0.15) is 11.2 Å². The Morgan fingerprint density at radius 1 is 0.303 bits per heavy atom. The van der Waals surface area contributed by atoms with Gasteiger partial charge in [-0.2, -0.15) is 0 Å². The molecule has 5 heteroatoms. The number of nitrogens with zero attached hydrogens (tertiary/aromatic N) is 4. The normalized spacial score (nSPS) is 11.9.